The van der Waals surface area contributed by atoms with Gasteiger partial charge in [-0.25, -0.2) is 9.78 Å². The van der Waals surface area contributed by atoms with Gasteiger partial charge in [0.15, 0.2) is 0 Å². The molecule has 1 amide bonds. The van der Waals surface area contributed by atoms with Gasteiger partial charge in [0.2, 0.25) is 0 Å². The lowest BCUT2D eigenvalue weighted by molar-refractivity contribution is -0.141. The molecular formula is C29H31N5O5. The molecule has 1 unspecified atom stereocenters. The maximum Gasteiger partial charge on any atom is 0.326 e. The van der Waals surface area contributed by atoms with E-state index in [9.17, 15) is 19.5 Å². The van der Waals surface area contributed by atoms with E-state index in [-0.39, 0.29) is 25.1 Å². The van der Waals surface area contributed by atoms with Gasteiger partial charge in [-0.05, 0) is 36.8 Å². The molecule has 0 saturated heterocycles. The first kappa shape index (κ1) is 27.2. The van der Waals surface area contributed by atoms with Crippen LogP contribution in [-0.2, 0) is 20.7 Å². The summed E-state index contributed by atoms with van der Waals surface area (Å²) < 4.78 is 6.79. The Morgan fingerprint density at radius 3 is 2.41 bits per heavy atom. The number of fused-ring (bicyclic) bond motifs is 1. The Kier molecular flexibility index (Phi) is 8.45. The van der Waals surface area contributed by atoms with Crippen LogP contribution in [0.4, 0.5) is 11.5 Å². The molecule has 10 heteroatoms. The SMILES string of the molecule is CCOC(=O)CNc1c(-c2ccc(N(C)C)cc2)nc2cc(C(=O)NC(Cc3ccccc3)C(=O)O)ccn12. The number of carbonyl (C=O) groups is 3. The molecule has 10 nitrogen and oxygen atoms in total. The highest BCUT2D eigenvalue weighted by Gasteiger charge is 2.22. The number of amides is 1. The lowest BCUT2D eigenvalue weighted by Crippen LogP contribution is -2.42. The van der Waals surface area contributed by atoms with Gasteiger partial charge >= 0.3 is 11.9 Å². The third kappa shape index (κ3) is 6.53. The Hall–Kier alpha value is -4.86. The monoisotopic (exact) mass is 529 g/mol. The maximum atomic E-state index is 13.1. The van der Waals surface area contributed by atoms with Gasteiger partial charge in [-0.1, -0.05) is 42.5 Å². The molecule has 4 aromatic rings. The number of hydrogen-bond acceptors (Lipinski definition) is 7. The van der Waals surface area contributed by atoms with E-state index < -0.39 is 23.9 Å². The summed E-state index contributed by atoms with van der Waals surface area (Å²) >= 11 is 0. The summed E-state index contributed by atoms with van der Waals surface area (Å²) in [7, 11) is 3.90. The first-order chi connectivity index (χ1) is 18.8. The Morgan fingerprint density at radius 1 is 1.05 bits per heavy atom. The second-order valence-electron chi connectivity index (χ2n) is 9.11. The number of esters is 1. The molecule has 0 radical (unpaired) electrons. The number of carboxylic acid groups (broad SMARTS) is 1. The third-order valence-corrected chi connectivity index (χ3v) is 6.14. The fraction of sp³-hybridized carbons (Fsp3) is 0.241. The minimum absolute atomic E-state index is 0.0631. The van der Waals surface area contributed by atoms with Gasteiger partial charge in [0, 0.05) is 43.5 Å². The zero-order valence-electron chi connectivity index (χ0n) is 22.0. The summed E-state index contributed by atoms with van der Waals surface area (Å²) in [6.45, 7) is 1.95. The van der Waals surface area contributed by atoms with Crippen molar-refractivity contribution >= 4 is 35.0 Å². The maximum absolute atomic E-state index is 13.1. The van der Waals surface area contributed by atoms with Crippen molar-refractivity contribution in [2.24, 2.45) is 0 Å². The van der Waals surface area contributed by atoms with E-state index in [1.165, 1.54) is 0 Å². The average Bonchev–Trinajstić information content (AvgIpc) is 3.30. The van der Waals surface area contributed by atoms with Gasteiger partial charge in [-0.2, -0.15) is 0 Å². The van der Waals surface area contributed by atoms with Gasteiger partial charge in [-0.3, -0.25) is 14.0 Å². The highest BCUT2D eigenvalue weighted by molar-refractivity contribution is 5.97. The van der Waals surface area contributed by atoms with E-state index in [4.69, 9.17) is 9.72 Å². The highest BCUT2D eigenvalue weighted by Crippen LogP contribution is 2.30. The zero-order chi connectivity index (χ0) is 27.9. The molecule has 4 rings (SSSR count). The molecule has 2 aromatic carbocycles. The van der Waals surface area contributed by atoms with Crippen LogP contribution in [-0.4, -0.2) is 65.6 Å². The number of rotatable bonds is 11. The van der Waals surface area contributed by atoms with Crippen LogP contribution in [0.5, 0.6) is 0 Å². The molecule has 2 heterocycles. The molecule has 0 saturated carbocycles. The van der Waals surface area contributed by atoms with Crippen molar-refractivity contribution in [2.45, 2.75) is 19.4 Å². The minimum Gasteiger partial charge on any atom is -0.480 e. The molecule has 202 valence electrons. The van der Waals surface area contributed by atoms with Crippen LogP contribution in [0.2, 0.25) is 0 Å². The Labute approximate surface area is 226 Å². The average molecular weight is 530 g/mol. The molecule has 0 spiro atoms. The van der Waals surface area contributed by atoms with Crippen LogP contribution < -0.4 is 15.5 Å². The van der Waals surface area contributed by atoms with Gasteiger partial charge in [0.1, 0.15) is 29.7 Å². The van der Waals surface area contributed by atoms with Crippen molar-refractivity contribution in [3.8, 4) is 11.3 Å². The van der Waals surface area contributed by atoms with E-state index in [2.05, 4.69) is 10.6 Å². The van der Waals surface area contributed by atoms with E-state index in [0.717, 1.165) is 16.8 Å². The summed E-state index contributed by atoms with van der Waals surface area (Å²) in [6.07, 6.45) is 1.82. The van der Waals surface area contributed by atoms with E-state index in [1.807, 2.05) is 73.6 Å². The minimum atomic E-state index is -1.12. The van der Waals surface area contributed by atoms with E-state index >= 15 is 0 Å². The van der Waals surface area contributed by atoms with Crippen LogP contribution in [0.25, 0.3) is 16.9 Å². The van der Waals surface area contributed by atoms with Crippen LogP contribution in [0, 0.1) is 0 Å². The number of imidazole rings is 1. The molecule has 2 aromatic heterocycles. The number of ether oxygens (including phenoxy) is 1. The van der Waals surface area contributed by atoms with Gasteiger partial charge in [0.05, 0.1) is 6.61 Å². The van der Waals surface area contributed by atoms with Crippen molar-refractivity contribution < 1.29 is 24.2 Å². The van der Waals surface area contributed by atoms with Crippen LogP contribution in [0.1, 0.15) is 22.8 Å². The first-order valence-electron chi connectivity index (χ1n) is 12.5. The normalized spacial score (nSPS) is 11.6. The van der Waals surface area contributed by atoms with Crippen molar-refractivity contribution in [3.05, 3.63) is 84.1 Å². The highest BCUT2D eigenvalue weighted by atomic mass is 16.5. The zero-order valence-corrected chi connectivity index (χ0v) is 22.0. The third-order valence-electron chi connectivity index (χ3n) is 6.14. The predicted octanol–water partition coefficient (Wildman–Crippen LogP) is 3.47. The Bertz CT molecular complexity index is 1460. The summed E-state index contributed by atoms with van der Waals surface area (Å²) in [4.78, 5) is 43.7. The molecule has 39 heavy (non-hydrogen) atoms. The summed E-state index contributed by atoms with van der Waals surface area (Å²) in [5.74, 6) is -1.49. The topological polar surface area (TPSA) is 125 Å². The van der Waals surface area contributed by atoms with Crippen molar-refractivity contribution in [2.75, 3.05) is 37.5 Å². The Balaban J connectivity index is 1.65. The second-order valence-corrected chi connectivity index (χ2v) is 9.11. The number of anilines is 2. The number of carboxylic acids is 1. The van der Waals surface area contributed by atoms with E-state index in [0.29, 0.717) is 17.2 Å². The van der Waals surface area contributed by atoms with Crippen LogP contribution >= 0.6 is 0 Å². The molecule has 0 bridgehead atoms. The number of aliphatic carboxylic acids is 1. The van der Waals surface area contributed by atoms with Crippen molar-refractivity contribution in [1.82, 2.24) is 14.7 Å². The number of carbonyl (C=O) groups excluding carboxylic acids is 2. The molecule has 3 N–H and O–H groups in total. The largest absolute Gasteiger partial charge is 0.480 e. The molecule has 0 aliphatic carbocycles. The fourth-order valence-electron chi connectivity index (χ4n) is 4.13. The molecule has 0 aliphatic rings. The Morgan fingerprint density at radius 2 is 1.77 bits per heavy atom. The van der Waals surface area contributed by atoms with Crippen LogP contribution in [0.15, 0.2) is 72.9 Å². The molecule has 0 fully saturated rings. The van der Waals surface area contributed by atoms with Gasteiger partial charge in [0.25, 0.3) is 5.91 Å². The summed E-state index contributed by atoms with van der Waals surface area (Å²) in [6, 6.07) is 19.0. The molecule has 0 aliphatic heterocycles. The van der Waals surface area contributed by atoms with Gasteiger partial charge < -0.3 is 25.4 Å². The van der Waals surface area contributed by atoms with E-state index in [1.54, 1.807) is 29.7 Å². The quantitative estimate of drug-likeness (QED) is 0.252. The van der Waals surface area contributed by atoms with Crippen molar-refractivity contribution in [1.29, 1.82) is 0 Å². The first-order valence-corrected chi connectivity index (χ1v) is 12.5. The predicted molar refractivity (Wildman–Crippen MR) is 149 cm³/mol. The van der Waals surface area contributed by atoms with Gasteiger partial charge in [-0.15, -0.1) is 0 Å². The molecule has 1 atom stereocenters. The number of nitrogens with zero attached hydrogens (tertiary/aromatic N) is 3. The number of pyridine rings is 1. The van der Waals surface area contributed by atoms with Crippen molar-refractivity contribution in [3.63, 3.8) is 0 Å². The summed E-state index contributed by atoms with van der Waals surface area (Å²) in [5, 5.41) is 15.4. The number of nitrogens with one attached hydrogen (secondary N) is 2. The number of benzene rings is 2. The van der Waals surface area contributed by atoms with Crippen LogP contribution in [0.3, 0.4) is 0 Å². The standard InChI is InChI=1S/C29H31N5O5/c1-4-39-25(35)18-30-27-26(20-10-12-22(13-11-20)33(2)3)32-24-17-21(14-15-34(24)27)28(36)31-23(29(37)38)16-19-8-6-5-7-9-19/h5-15,17,23,30H,4,16,18H2,1-3H3,(H,31,36)(H,37,38). The number of hydrogen-bond donors (Lipinski definition) is 3. The smallest absolute Gasteiger partial charge is 0.326 e. The number of aromatic nitrogens is 2. The lowest BCUT2D eigenvalue weighted by atomic mass is 10.1. The summed E-state index contributed by atoms with van der Waals surface area (Å²) in [5.41, 5.74) is 3.95. The fourth-order valence-corrected chi connectivity index (χ4v) is 4.13. The second kappa shape index (κ2) is 12.1. The molecular weight excluding hydrogens is 498 g/mol. The lowest BCUT2D eigenvalue weighted by Gasteiger charge is -2.15.